The smallest absolute Gasteiger partial charge is 0.230 e. The lowest BCUT2D eigenvalue weighted by Crippen LogP contribution is -2.27. The highest BCUT2D eigenvalue weighted by Gasteiger charge is 2.08. The standard InChI is InChI=1S/C42H50N4O6S2/c47-39(45-35-19-13-21-37(27-35)51-29-33-15-5-1-6-16-33)23-9-3-11-25-43-41(49)31-53-54-32-42(50)44-26-12-4-10-24-40(48)46-36-20-14-22-38(28-36)52-30-34-17-7-2-8-18-34/h1-2,5-8,13-22,27-28H,3-4,9-12,23-26,29-32H2,(H,43,49)(H,44,50)(H,45,47)(H,46,48). The molecule has 4 aromatic carbocycles. The van der Waals surface area contributed by atoms with E-state index in [4.69, 9.17) is 9.47 Å². The minimum atomic E-state index is -0.0758. The van der Waals surface area contributed by atoms with Gasteiger partial charge in [-0.3, -0.25) is 19.2 Å². The Labute approximate surface area is 326 Å². The highest BCUT2D eigenvalue weighted by molar-refractivity contribution is 8.77. The van der Waals surface area contributed by atoms with Crippen LogP contribution < -0.4 is 30.7 Å². The maximum atomic E-state index is 12.4. The van der Waals surface area contributed by atoms with Gasteiger partial charge in [-0.2, -0.15) is 0 Å². The second-order valence-electron chi connectivity index (χ2n) is 12.5. The first kappa shape index (κ1) is 41.8. The maximum absolute atomic E-state index is 12.4. The Morgan fingerprint density at radius 3 is 1.31 bits per heavy atom. The molecule has 4 rings (SSSR count). The fraction of sp³-hybridized carbons (Fsp3) is 0.333. The van der Waals surface area contributed by atoms with E-state index < -0.39 is 0 Å². The SMILES string of the molecule is O=C(CSSCC(=O)NCCCCCC(=O)Nc1cccc(OCc2ccccc2)c1)NCCCCCC(=O)Nc1cccc(OCc2ccccc2)c1. The van der Waals surface area contributed by atoms with Crippen LogP contribution in [0.25, 0.3) is 0 Å². The number of carbonyl (C=O) groups is 4. The van der Waals surface area contributed by atoms with Crippen LogP contribution in [0.2, 0.25) is 0 Å². The fourth-order valence-corrected chi connectivity index (χ4v) is 6.91. The molecule has 54 heavy (non-hydrogen) atoms. The summed E-state index contributed by atoms with van der Waals surface area (Å²) in [6, 6.07) is 34.6. The molecule has 0 aromatic heterocycles. The lowest BCUT2D eigenvalue weighted by molar-refractivity contribution is -0.119. The molecule has 0 saturated carbocycles. The number of ether oxygens (including phenoxy) is 2. The first-order valence-electron chi connectivity index (χ1n) is 18.3. The summed E-state index contributed by atoms with van der Waals surface area (Å²) in [4.78, 5) is 49.1. The number of amides is 4. The highest BCUT2D eigenvalue weighted by Crippen LogP contribution is 2.22. The Morgan fingerprint density at radius 1 is 0.463 bits per heavy atom. The molecule has 0 aliphatic carbocycles. The monoisotopic (exact) mass is 770 g/mol. The van der Waals surface area contributed by atoms with E-state index in [0.29, 0.717) is 62.0 Å². The Hall–Kier alpha value is -4.94. The zero-order valence-electron chi connectivity index (χ0n) is 30.6. The number of hydrogen-bond acceptors (Lipinski definition) is 8. The van der Waals surface area contributed by atoms with Crippen LogP contribution in [0.4, 0.5) is 11.4 Å². The van der Waals surface area contributed by atoms with Crippen molar-refractivity contribution in [2.45, 2.75) is 64.6 Å². The third-order valence-corrected chi connectivity index (χ3v) is 10.1. The average Bonchev–Trinajstić information content (AvgIpc) is 3.18. The third-order valence-electron chi connectivity index (χ3n) is 8.00. The van der Waals surface area contributed by atoms with Crippen molar-refractivity contribution in [1.82, 2.24) is 10.6 Å². The van der Waals surface area contributed by atoms with E-state index in [1.807, 2.05) is 109 Å². The third kappa shape index (κ3) is 18.2. The van der Waals surface area contributed by atoms with Crippen molar-refractivity contribution in [3.63, 3.8) is 0 Å². The quantitative estimate of drug-likeness (QED) is 0.0392. The molecule has 4 amide bonds. The van der Waals surface area contributed by atoms with Crippen LogP contribution in [-0.4, -0.2) is 48.2 Å². The zero-order chi connectivity index (χ0) is 38.1. The van der Waals surface area contributed by atoms with Gasteiger partial charge in [0.05, 0.1) is 11.5 Å². The molecule has 12 heteroatoms. The van der Waals surface area contributed by atoms with Crippen LogP contribution in [0.15, 0.2) is 109 Å². The van der Waals surface area contributed by atoms with E-state index in [0.717, 1.165) is 49.7 Å². The molecular formula is C42H50N4O6S2. The number of carbonyl (C=O) groups excluding carboxylic acids is 4. The van der Waals surface area contributed by atoms with Crippen molar-refractivity contribution in [2.24, 2.45) is 0 Å². The van der Waals surface area contributed by atoms with Crippen molar-refractivity contribution in [3.8, 4) is 11.5 Å². The van der Waals surface area contributed by atoms with Gasteiger partial charge in [0, 0.05) is 49.4 Å². The normalized spacial score (nSPS) is 10.6. The van der Waals surface area contributed by atoms with E-state index in [1.54, 1.807) is 0 Å². The summed E-state index contributed by atoms with van der Waals surface area (Å²) >= 11 is 0. The first-order valence-corrected chi connectivity index (χ1v) is 20.8. The largest absolute Gasteiger partial charge is 0.489 e. The molecule has 10 nitrogen and oxygen atoms in total. The van der Waals surface area contributed by atoms with Gasteiger partial charge in [-0.05, 0) is 61.1 Å². The van der Waals surface area contributed by atoms with E-state index in [1.165, 1.54) is 21.6 Å². The molecule has 4 N–H and O–H groups in total. The molecule has 0 fully saturated rings. The van der Waals surface area contributed by atoms with E-state index in [-0.39, 0.29) is 35.1 Å². The molecule has 0 bridgehead atoms. The second kappa shape index (κ2) is 25.1. The number of nitrogens with one attached hydrogen (secondary N) is 4. The summed E-state index contributed by atoms with van der Waals surface area (Å²) in [5, 5.41) is 11.6. The predicted molar refractivity (Wildman–Crippen MR) is 220 cm³/mol. The topological polar surface area (TPSA) is 135 Å². The van der Waals surface area contributed by atoms with Crippen LogP contribution in [0.1, 0.15) is 62.5 Å². The van der Waals surface area contributed by atoms with Gasteiger partial charge in [0.1, 0.15) is 24.7 Å². The number of benzene rings is 4. The molecule has 0 heterocycles. The number of anilines is 2. The molecule has 0 spiro atoms. The molecule has 0 atom stereocenters. The van der Waals surface area contributed by atoms with Crippen LogP contribution in [0.3, 0.4) is 0 Å². The van der Waals surface area contributed by atoms with Crippen molar-refractivity contribution in [3.05, 3.63) is 120 Å². The Morgan fingerprint density at radius 2 is 0.889 bits per heavy atom. The van der Waals surface area contributed by atoms with Crippen LogP contribution >= 0.6 is 21.6 Å². The van der Waals surface area contributed by atoms with Gasteiger partial charge in [-0.15, -0.1) is 0 Å². The number of unbranched alkanes of at least 4 members (excludes halogenated alkanes) is 4. The van der Waals surface area contributed by atoms with Crippen LogP contribution in [-0.2, 0) is 32.4 Å². The van der Waals surface area contributed by atoms with Crippen molar-refractivity contribution in [2.75, 3.05) is 35.2 Å². The van der Waals surface area contributed by atoms with Gasteiger partial charge >= 0.3 is 0 Å². The minimum absolute atomic E-state index is 0.0548. The maximum Gasteiger partial charge on any atom is 0.230 e. The van der Waals surface area contributed by atoms with Gasteiger partial charge in [0.2, 0.25) is 23.6 Å². The second-order valence-corrected chi connectivity index (χ2v) is 15.0. The lowest BCUT2D eigenvalue weighted by atomic mass is 10.2. The molecule has 0 aliphatic heterocycles. The Bertz CT molecular complexity index is 1600. The summed E-state index contributed by atoms with van der Waals surface area (Å²) in [5.41, 5.74) is 3.55. The van der Waals surface area contributed by atoms with Gasteiger partial charge in [-0.25, -0.2) is 0 Å². The molecule has 4 aromatic rings. The van der Waals surface area contributed by atoms with Gasteiger partial charge in [0.25, 0.3) is 0 Å². The summed E-state index contributed by atoms with van der Waals surface area (Å²) in [6.07, 6.45) is 5.46. The van der Waals surface area contributed by atoms with Crippen molar-refractivity contribution >= 4 is 56.6 Å². The summed E-state index contributed by atoms with van der Waals surface area (Å²) in [6.45, 7) is 2.01. The molecule has 286 valence electrons. The van der Waals surface area contributed by atoms with E-state index >= 15 is 0 Å². The lowest BCUT2D eigenvalue weighted by Gasteiger charge is -2.10. The average molecular weight is 771 g/mol. The summed E-state index contributed by atoms with van der Waals surface area (Å²) in [5.74, 6) is 1.66. The van der Waals surface area contributed by atoms with Gasteiger partial charge in [0.15, 0.2) is 0 Å². The van der Waals surface area contributed by atoms with Gasteiger partial charge < -0.3 is 30.7 Å². The number of hydrogen-bond donors (Lipinski definition) is 4. The zero-order valence-corrected chi connectivity index (χ0v) is 32.2. The summed E-state index contributed by atoms with van der Waals surface area (Å²) in [7, 11) is 2.70. The fourth-order valence-electron chi connectivity index (χ4n) is 5.18. The Kier molecular flexibility index (Phi) is 19.5. The van der Waals surface area contributed by atoms with E-state index in [2.05, 4.69) is 21.3 Å². The molecular weight excluding hydrogens is 721 g/mol. The van der Waals surface area contributed by atoms with Crippen molar-refractivity contribution in [1.29, 1.82) is 0 Å². The van der Waals surface area contributed by atoms with Crippen LogP contribution in [0, 0.1) is 0 Å². The van der Waals surface area contributed by atoms with E-state index in [9.17, 15) is 19.2 Å². The minimum Gasteiger partial charge on any atom is -0.489 e. The van der Waals surface area contributed by atoms with Crippen molar-refractivity contribution < 1.29 is 28.7 Å². The molecule has 0 unspecified atom stereocenters. The highest BCUT2D eigenvalue weighted by atomic mass is 33.1. The Balaban J connectivity index is 0.924. The predicted octanol–water partition coefficient (Wildman–Crippen LogP) is 8.16. The molecule has 0 aliphatic rings. The first-order chi connectivity index (χ1) is 26.4. The number of rotatable bonds is 25. The summed E-state index contributed by atoms with van der Waals surface area (Å²) < 4.78 is 11.7. The molecule has 0 saturated heterocycles. The van der Waals surface area contributed by atoms with Crippen LogP contribution in [0.5, 0.6) is 11.5 Å². The van der Waals surface area contributed by atoms with Gasteiger partial charge in [-0.1, -0.05) is 107 Å². The molecule has 0 radical (unpaired) electrons.